The lowest BCUT2D eigenvalue weighted by molar-refractivity contribution is 0.570. The summed E-state index contributed by atoms with van der Waals surface area (Å²) in [5.74, 6) is -0.203. The summed E-state index contributed by atoms with van der Waals surface area (Å²) in [4.78, 5) is 25.4. The van der Waals surface area contributed by atoms with E-state index >= 15 is 0 Å². The Balaban J connectivity index is 0.000000146. The van der Waals surface area contributed by atoms with Gasteiger partial charge in [-0.2, -0.15) is 0 Å². The maximum atomic E-state index is 13.5. The van der Waals surface area contributed by atoms with Crippen LogP contribution in [0.1, 0.15) is 158 Å². The number of hydrogen-bond donors (Lipinski definition) is 0. The summed E-state index contributed by atoms with van der Waals surface area (Å²) in [6, 6.07) is 51.9. The fourth-order valence-corrected chi connectivity index (χ4v) is 9.85. The Morgan fingerprint density at radius 2 is 0.765 bits per heavy atom. The zero-order valence-electron chi connectivity index (χ0n) is 53.8. The molecule has 0 saturated carbocycles. The number of benzene rings is 6. The molecule has 0 N–H and O–H groups in total. The largest absolute Gasteiger partial charge is 0.264 e. The first-order valence-corrected chi connectivity index (χ1v) is 29.6. The molecule has 0 fully saturated rings. The van der Waals surface area contributed by atoms with Crippen molar-refractivity contribution in [3.8, 4) is 0 Å². The molecule has 85 heavy (non-hydrogen) atoms. The molecule has 0 atom stereocenters. The summed E-state index contributed by atoms with van der Waals surface area (Å²) in [6.07, 6.45) is 18.5. The SMILES string of the molecule is CC(C)(C)c1cc2ccccc2cn1.CC(C)(C)c1ccc2ccncc2c1.CC(C)(C)c1ccc2cnccc2c1.CC(C)(C)c1cccc2cnccc12.CC(C)(C)c1cncc2c(F)cccc12.CC(C)(C)c1nccc2ccccc12. The molecule has 6 aromatic heterocycles. The van der Waals surface area contributed by atoms with E-state index in [1.165, 1.54) is 82.3 Å². The fourth-order valence-electron chi connectivity index (χ4n) is 9.85. The van der Waals surface area contributed by atoms with E-state index < -0.39 is 0 Å². The number of hydrogen-bond acceptors (Lipinski definition) is 6. The number of fused-ring (bicyclic) bond motifs is 6. The Bertz CT molecular complexity index is 3830. The van der Waals surface area contributed by atoms with Gasteiger partial charge in [0.2, 0.25) is 0 Å². The third kappa shape index (κ3) is 17.4. The van der Waals surface area contributed by atoms with Crippen LogP contribution in [0.15, 0.2) is 214 Å². The predicted octanol–water partition coefficient (Wildman–Crippen LogP) is 21.3. The Hall–Kier alpha value is -8.29. The van der Waals surface area contributed by atoms with E-state index in [1.54, 1.807) is 12.3 Å². The van der Waals surface area contributed by atoms with E-state index in [9.17, 15) is 4.39 Å². The molecule has 0 bridgehead atoms. The predicted molar refractivity (Wildman–Crippen MR) is 363 cm³/mol. The van der Waals surface area contributed by atoms with E-state index in [4.69, 9.17) is 0 Å². The molecule has 6 aromatic carbocycles. The van der Waals surface area contributed by atoms with Crippen molar-refractivity contribution in [2.45, 2.75) is 157 Å². The third-order valence-electron chi connectivity index (χ3n) is 14.8. The van der Waals surface area contributed by atoms with Crippen LogP contribution in [0.2, 0.25) is 0 Å². The molecule has 0 aliphatic heterocycles. The van der Waals surface area contributed by atoms with Gasteiger partial charge in [0.05, 0.1) is 5.69 Å². The van der Waals surface area contributed by atoms with Crippen molar-refractivity contribution in [2.75, 3.05) is 0 Å². The second-order valence-corrected chi connectivity index (χ2v) is 28.1. The molecular formula is C78H89FN6. The minimum absolute atomic E-state index is 0.0136. The molecule has 0 aliphatic carbocycles. The molecule has 0 saturated heterocycles. The van der Waals surface area contributed by atoms with Crippen molar-refractivity contribution in [1.82, 2.24) is 29.9 Å². The molecule has 0 unspecified atom stereocenters. The van der Waals surface area contributed by atoms with Crippen molar-refractivity contribution in [2.24, 2.45) is 0 Å². The molecule has 12 rings (SSSR count). The smallest absolute Gasteiger partial charge is 0.132 e. The summed E-state index contributed by atoms with van der Waals surface area (Å²) >= 11 is 0. The van der Waals surface area contributed by atoms with Gasteiger partial charge in [-0.15, -0.1) is 0 Å². The number of halogens is 1. The minimum Gasteiger partial charge on any atom is -0.264 e. The van der Waals surface area contributed by atoms with Crippen molar-refractivity contribution in [1.29, 1.82) is 0 Å². The van der Waals surface area contributed by atoms with Crippen LogP contribution in [0.25, 0.3) is 64.6 Å². The highest BCUT2D eigenvalue weighted by Crippen LogP contribution is 2.33. The average molecular weight is 1130 g/mol. The van der Waals surface area contributed by atoms with Crippen molar-refractivity contribution in [3.05, 3.63) is 253 Å². The molecule has 0 spiro atoms. The first-order chi connectivity index (χ1) is 39.9. The summed E-state index contributed by atoms with van der Waals surface area (Å²) in [7, 11) is 0. The van der Waals surface area contributed by atoms with Gasteiger partial charge in [0.15, 0.2) is 0 Å². The summed E-state index contributed by atoms with van der Waals surface area (Å²) in [6.45, 7) is 39.5. The number of nitrogens with zero attached hydrogens (tertiary/aromatic N) is 6. The first-order valence-electron chi connectivity index (χ1n) is 29.6. The summed E-state index contributed by atoms with van der Waals surface area (Å²) in [5.41, 5.74) is 8.38. The molecule has 6 heterocycles. The molecule has 6 nitrogen and oxygen atoms in total. The summed E-state index contributed by atoms with van der Waals surface area (Å²) in [5, 5.41) is 14.1. The Morgan fingerprint density at radius 1 is 0.271 bits per heavy atom. The maximum Gasteiger partial charge on any atom is 0.132 e. The van der Waals surface area contributed by atoms with Gasteiger partial charge in [-0.3, -0.25) is 29.9 Å². The van der Waals surface area contributed by atoms with Gasteiger partial charge in [-0.1, -0.05) is 234 Å². The normalized spacial score (nSPS) is 11.9. The monoisotopic (exact) mass is 1130 g/mol. The zero-order valence-corrected chi connectivity index (χ0v) is 53.8. The lowest BCUT2D eigenvalue weighted by atomic mass is 9.84. The molecule has 12 aromatic rings. The lowest BCUT2D eigenvalue weighted by Crippen LogP contribution is -2.13. The average Bonchev–Trinajstić information content (AvgIpc) is 2.60. The van der Waals surface area contributed by atoms with Gasteiger partial charge in [-0.05, 0) is 119 Å². The van der Waals surface area contributed by atoms with Crippen molar-refractivity contribution < 1.29 is 4.39 Å². The molecule has 0 amide bonds. The van der Waals surface area contributed by atoms with E-state index in [2.05, 4.69) is 276 Å². The van der Waals surface area contributed by atoms with Gasteiger partial charge < -0.3 is 0 Å². The molecule has 0 aliphatic rings. The van der Waals surface area contributed by atoms with Crippen LogP contribution in [-0.2, 0) is 32.5 Å². The molecule has 0 radical (unpaired) electrons. The topological polar surface area (TPSA) is 77.3 Å². The molecule has 438 valence electrons. The van der Waals surface area contributed by atoms with Gasteiger partial charge in [0.1, 0.15) is 5.82 Å². The van der Waals surface area contributed by atoms with Gasteiger partial charge in [0, 0.05) is 111 Å². The minimum atomic E-state index is -0.203. The van der Waals surface area contributed by atoms with E-state index in [0.717, 1.165) is 16.6 Å². The maximum absolute atomic E-state index is 13.5. The highest BCUT2D eigenvalue weighted by Gasteiger charge is 2.21. The number of aromatic nitrogens is 6. The third-order valence-corrected chi connectivity index (χ3v) is 14.8. The van der Waals surface area contributed by atoms with Crippen LogP contribution in [0.3, 0.4) is 0 Å². The van der Waals surface area contributed by atoms with Gasteiger partial charge >= 0.3 is 0 Å². The van der Waals surface area contributed by atoms with Gasteiger partial charge in [0.25, 0.3) is 0 Å². The van der Waals surface area contributed by atoms with Crippen molar-refractivity contribution in [3.63, 3.8) is 0 Å². The molecular weight excluding hydrogens is 1040 g/mol. The standard InChI is InChI=1S/C13H14FN.5C13H15N/c1-13(2,3)11-8-15-7-10-9(11)5-4-6-12(10)14;1-13(2,3)12-5-4-11-9-14-7-6-10(11)8-12;1-13(2,3)12-5-4-10-6-7-14-9-11(10)8-12;1-13(2,3)12-6-4-5-10-9-14-8-7-11(10)12;1-13(2,3)12-8-10-6-4-5-7-11(10)9-14-12;1-13(2,3)12-11-7-5-4-6-10(11)8-9-14-12/h4-8H,1-3H3;5*4-9H,1-3H3. The summed E-state index contributed by atoms with van der Waals surface area (Å²) < 4.78 is 13.5. The fraction of sp³-hybridized carbons (Fsp3) is 0.308. The number of pyridine rings is 6. The van der Waals surface area contributed by atoms with Crippen molar-refractivity contribution >= 4 is 64.6 Å². The lowest BCUT2D eigenvalue weighted by Gasteiger charge is -2.20. The van der Waals surface area contributed by atoms with Crippen LogP contribution in [0, 0.1) is 5.82 Å². The van der Waals surface area contributed by atoms with E-state index in [0.29, 0.717) is 5.39 Å². The Labute approximate surface area is 506 Å². The Kier molecular flexibility index (Phi) is 20.2. The van der Waals surface area contributed by atoms with E-state index in [-0.39, 0.29) is 38.3 Å². The molecule has 7 heteroatoms. The van der Waals surface area contributed by atoms with Gasteiger partial charge in [-0.25, -0.2) is 4.39 Å². The highest BCUT2D eigenvalue weighted by atomic mass is 19.1. The zero-order chi connectivity index (χ0) is 62.0. The highest BCUT2D eigenvalue weighted by molar-refractivity contribution is 5.88. The quantitative estimate of drug-likeness (QED) is 0.151. The number of rotatable bonds is 0. The van der Waals surface area contributed by atoms with Crippen LogP contribution in [0.5, 0.6) is 0 Å². The van der Waals surface area contributed by atoms with E-state index in [1.807, 2.05) is 74.0 Å². The van der Waals surface area contributed by atoms with Crippen LogP contribution in [0.4, 0.5) is 4.39 Å². The second-order valence-electron chi connectivity index (χ2n) is 28.1. The Morgan fingerprint density at radius 3 is 1.39 bits per heavy atom. The van der Waals surface area contributed by atoms with Crippen LogP contribution in [-0.4, -0.2) is 29.9 Å². The second kappa shape index (κ2) is 26.7. The first kappa shape index (κ1) is 64.3. The van der Waals surface area contributed by atoms with Crippen LogP contribution >= 0.6 is 0 Å². The van der Waals surface area contributed by atoms with Crippen LogP contribution < -0.4 is 0 Å².